The Balaban J connectivity index is 0.000000775. The van der Waals surface area contributed by atoms with Gasteiger partial charge in [-0.2, -0.15) is 4.91 Å². The van der Waals surface area contributed by atoms with Crippen LogP contribution in [0.2, 0.25) is 0 Å². The van der Waals surface area contributed by atoms with E-state index in [4.69, 9.17) is 4.65 Å². The van der Waals surface area contributed by atoms with Crippen molar-refractivity contribution in [2.75, 3.05) is 45.8 Å². The molecule has 1 saturated heterocycles. The van der Waals surface area contributed by atoms with Crippen LogP contribution in [0.1, 0.15) is 55.5 Å². The molecular weight excluding hydrogens is 445 g/mol. The maximum absolute atomic E-state index is 11.4. The van der Waals surface area contributed by atoms with Crippen molar-refractivity contribution in [1.29, 1.82) is 0 Å². The number of benzene rings is 1. The smallest absolute Gasteiger partial charge is 0.536 e. The fourth-order valence-corrected chi connectivity index (χ4v) is 4.32. The SMILES string of the molecule is C1CCC1.C=C(CN1CCN(CCNC(C)C)CC1)NC1Cc2cccc(C(=O)O)c2OB1N=O. The second-order valence-electron chi connectivity index (χ2n) is 9.91. The van der Waals surface area contributed by atoms with Gasteiger partial charge >= 0.3 is 13.0 Å². The fraction of sp³-hybridized carbons (Fsp3) is 0.640. The van der Waals surface area contributed by atoms with Crippen LogP contribution >= 0.6 is 0 Å². The van der Waals surface area contributed by atoms with Gasteiger partial charge in [0.2, 0.25) is 0 Å². The van der Waals surface area contributed by atoms with E-state index in [1.165, 1.54) is 31.7 Å². The van der Waals surface area contributed by atoms with E-state index in [0.717, 1.165) is 50.5 Å². The Morgan fingerprint density at radius 3 is 2.43 bits per heavy atom. The van der Waals surface area contributed by atoms with Crippen LogP contribution in [-0.2, 0) is 6.42 Å². The third-order valence-corrected chi connectivity index (χ3v) is 6.70. The number of hydrogen-bond acceptors (Lipinski definition) is 8. The van der Waals surface area contributed by atoms with Gasteiger partial charge in [0.25, 0.3) is 0 Å². The van der Waals surface area contributed by atoms with Gasteiger partial charge in [0, 0.05) is 57.6 Å². The number of nitrogens with one attached hydrogen (secondary N) is 2. The quantitative estimate of drug-likeness (QED) is 0.343. The topological polar surface area (TPSA) is 106 Å². The van der Waals surface area contributed by atoms with Gasteiger partial charge in [-0.05, 0) is 18.1 Å². The van der Waals surface area contributed by atoms with Crippen molar-refractivity contribution >= 4 is 13.0 Å². The highest BCUT2D eigenvalue weighted by molar-refractivity contribution is 6.53. The number of aromatic carboxylic acids is 1. The van der Waals surface area contributed by atoms with Crippen molar-refractivity contribution in [3.63, 3.8) is 0 Å². The van der Waals surface area contributed by atoms with Gasteiger partial charge in [0.1, 0.15) is 5.75 Å². The summed E-state index contributed by atoms with van der Waals surface area (Å²) in [5.74, 6) is -1.24. The number of para-hydroxylation sites is 1. The first kappa shape index (κ1) is 27.2. The number of carboxylic acid groups (broad SMARTS) is 1. The predicted octanol–water partition coefficient (Wildman–Crippen LogP) is 2.76. The molecule has 1 unspecified atom stereocenters. The third kappa shape index (κ3) is 8.33. The molecule has 1 aromatic carbocycles. The Bertz CT molecular complexity index is 852. The second kappa shape index (κ2) is 13.6. The lowest BCUT2D eigenvalue weighted by Gasteiger charge is -2.36. The highest BCUT2D eigenvalue weighted by Crippen LogP contribution is 2.31. The van der Waals surface area contributed by atoms with Gasteiger partial charge in [-0.15, -0.1) is 0 Å². The molecule has 0 aromatic heterocycles. The summed E-state index contributed by atoms with van der Waals surface area (Å²) in [6.07, 6.45) is 6.45. The van der Waals surface area contributed by atoms with Crippen molar-refractivity contribution in [3.8, 4) is 5.75 Å². The molecule has 2 aliphatic heterocycles. The first-order chi connectivity index (χ1) is 16.9. The standard InChI is InChI=1S/C21H32BN5O4.C4H8/c1-15(2)23-7-8-26-9-11-27(12-10-26)14-16(3)24-19-13-17-5-4-6-18(21(28)29)20(17)31-22(19)25-30;1-2-4-3-1/h4-6,15,19,23-24H,3,7-14H2,1-2H3,(H,28,29);1-4H2. The lowest BCUT2D eigenvalue weighted by Crippen LogP contribution is -2.52. The summed E-state index contributed by atoms with van der Waals surface area (Å²) >= 11 is 0. The highest BCUT2D eigenvalue weighted by Gasteiger charge is 2.39. The van der Waals surface area contributed by atoms with E-state index < -0.39 is 13.0 Å². The predicted molar refractivity (Wildman–Crippen MR) is 140 cm³/mol. The Morgan fingerprint density at radius 2 is 1.86 bits per heavy atom. The van der Waals surface area contributed by atoms with E-state index >= 15 is 0 Å². The summed E-state index contributed by atoms with van der Waals surface area (Å²) in [6, 6.07) is 5.47. The summed E-state index contributed by atoms with van der Waals surface area (Å²) in [7, 11) is -1.00. The zero-order valence-corrected chi connectivity index (χ0v) is 21.2. The molecule has 0 spiro atoms. The van der Waals surface area contributed by atoms with Crippen LogP contribution in [0.5, 0.6) is 5.75 Å². The molecule has 2 fully saturated rings. The van der Waals surface area contributed by atoms with Crippen LogP contribution in [0.4, 0.5) is 0 Å². The Kier molecular flexibility index (Phi) is 10.6. The molecule has 2 heterocycles. The van der Waals surface area contributed by atoms with Crippen molar-refractivity contribution in [1.82, 2.24) is 20.4 Å². The number of carbonyl (C=O) groups is 1. The van der Waals surface area contributed by atoms with E-state index in [0.29, 0.717) is 19.0 Å². The largest absolute Gasteiger partial charge is 0.570 e. The molecule has 35 heavy (non-hydrogen) atoms. The number of piperazine rings is 1. The van der Waals surface area contributed by atoms with Crippen molar-refractivity contribution in [2.24, 2.45) is 5.09 Å². The maximum atomic E-state index is 11.4. The normalized spacial score (nSPS) is 20.1. The molecule has 192 valence electrons. The molecule has 4 rings (SSSR count). The van der Waals surface area contributed by atoms with Crippen molar-refractivity contribution in [2.45, 2.75) is 57.9 Å². The number of nitroso groups, excluding NO2 is 1. The van der Waals surface area contributed by atoms with E-state index in [9.17, 15) is 14.8 Å². The van der Waals surface area contributed by atoms with E-state index in [-0.39, 0.29) is 17.3 Å². The second-order valence-corrected chi connectivity index (χ2v) is 9.91. The van der Waals surface area contributed by atoms with Crippen LogP contribution in [0.3, 0.4) is 0 Å². The molecule has 10 heteroatoms. The molecule has 9 nitrogen and oxygen atoms in total. The Labute approximate surface area is 209 Å². The Morgan fingerprint density at radius 1 is 1.20 bits per heavy atom. The van der Waals surface area contributed by atoms with Gasteiger partial charge in [-0.1, -0.05) is 63.3 Å². The van der Waals surface area contributed by atoms with E-state index in [1.807, 2.05) is 6.07 Å². The van der Waals surface area contributed by atoms with Crippen LogP contribution in [0, 0.1) is 4.91 Å². The van der Waals surface area contributed by atoms with Gasteiger partial charge in [0.05, 0.1) is 11.5 Å². The summed E-state index contributed by atoms with van der Waals surface area (Å²) in [6.45, 7) is 15.1. The minimum absolute atomic E-state index is 0.0462. The fourth-order valence-electron chi connectivity index (χ4n) is 4.32. The molecular formula is C25H40BN5O4. The van der Waals surface area contributed by atoms with Gasteiger partial charge in [0.15, 0.2) is 0 Å². The van der Waals surface area contributed by atoms with Gasteiger partial charge in [-0.25, -0.2) is 4.79 Å². The highest BCUT2D eigenvalue weighted by atomic mass is 16.5. The number of fused-ring (bicyclic) bond motifs is 1. The summed E-state index contributed by atoms with van der Waals surface area (Å²) in [5, 5.41) is 19.2. The van der Waals surface area contributed by atoms with Crippen molar-refractivity contribution in [3.05, 3.63) is 46.5 Å². The molecule has 3 N–H and O–H groups in total. The number of carboxylic acids is 1. The van der Waals surface area contributed by atoms with Crippen LogP contribution in [0.25, 0.3) is 0 Å². The van der Waals surface area contributed by atoms with Crippen molar-refractivity contribution < 1.29 is 14.6 Å². The zero-order valence-electron chi connectivity index (χ0n) is 21.2. The average molecular weight is 485 g/mol. The molecule has 0 radical (unpaired) electrons. The minimum Gasteiger partial charge on any atom is -0.536 e. The average Bonchev–Trinajstić information content (AvgIpc) is 2.77. The number of rotatable bonds is 10. The minimum atomic E-state index is -1.09. The molecule has 0 amide bonds. The first-order valence-corrected chi connectivity index (χ1v) is 12.8. The summed E-state index contributed by atoms with van der Waals surface area (Å²) < 4.78 is 5.66. The molecule has 1 saturated carbocycles. The van der Waals surface area contributed by atoms with E-state index in [1.54, 1.807) is 6.07 Å². The lowest BCUT2D eigenvalue weighted by atomic mass is 9.68. The monoisotopic (exact) mass is 485 g/mol. The third-order valence-electron chi connectivity index (χ3n) is 6.70. The zero-order chi connectivity index (χ0) is 25.2. The van der Waals surface area contributed by atoms with Crippen LogP contribution in [0.15, 0.2) is 35.6 Å². The molecule has 1 aliphatic carbocycles. The summed E-state index contributed by atoms with van der Waals surface area (Å²) in [5.41, 5.74) is 1.59. The van der Waals surface area contributed by atoms with Gasteiger partial charge < -0.3 is 20.4 Å². The van der Waals surface area contributed by atoms with Crippen LogP contribution < -0.4 is 15.3 Å². The molecule has 1 aromatic rings. The molecule has 3 aliphatic rings. The first-order valence-electron chi connectivity index (χ1n) is 12.8. The number of hydrogen-bond donors (Lipinski definition) is 3. The van der Waals surface area contributed by atoms with Gasteiger partial charge in [-0.3, -0.25) is 9.80 Å². The summed E-state index contributed by atoms with van der Waals surface area (Å²) in [4.78, 5) is 27.6. The van der Waals surface area contributed by atoms with E-state index in [2.05, 4.69) is 45.9 Å². The number of nitrogens with zero attached hydrogens (tertiary/aromatic N) is 3. The maximum Gasteiger partial charge on any atom is 0.570 e. The van der Waals surface area contributed by atoms with Crippen LogP contribution in [-0.4, -0.2) is 85.7 Å². The molecule has 1 atom stereocenters. The molecule has 0 bridgehead atoms. The Hall–Kier alpha value is -2.43. The lowest BCUT2D eigenvalue weighted by molar-refractivity contribution is 0.0694.